The number of aromatic nitrogens is 1. The molecule has 1 heterocycles. The van der Waals surface area contributed by atoms with Crippen LogP contribution in [0.2, 0.25) is 0 Å². The summed E-state index contributed by atoms with van der Waals surface area (Å²) in [5, 5.41) is 11.4. The van der Waals surface area contributed by atoms with Crippen LogP contribution in [0.5, 0.6) is 0 Å². The Bertz CT molecular complexity index is 484. The molecule has 6 nitrogen and oxygen atoms in total. The molecule has 2 unspecified atom stereocenters. The molecule has 2 N–H and O–H groups in total. The molecule has 0 aliphatic rings. The molecule has 0 spiro atoms. The molecule has 0 saturated carbocycles. The van der Waals surface area contributed by atoms with Gasteiger partial charge in [-0.2, -0.15) is 0 Å². The predicted octanol–water partition coefficient (Wildman–Crippen LogP) is 0.460. The van der Waals surface area contributed by atoms with Crippen LogP contribution in [-0.2, 0) is 22.1 Å². The molecular formula is C12H18N2O4S. The number of hydrogen-bond acceptors (Lipinski definition) is 3. The second-order valence-corrected chi connectivity index (χ2v) is 6.07. The first kappa shape index (κ1) is 15.4. The molecule has 0 bridgehead atoms. The first-order valence-corrected chi connectivity index (χ1v) is 7.51. The second kappa shape index (κ2) is 7.08. The Morgan fingerprint density at radius 2 is 2.21 bits per heavy atom. The smallest absolute Gasteiger partial charge is 0.323 e. The van der Waals surface area contributed by atoms with E-state index in [0.717, 1.165) is 0 Å². The lowest BCUT2D eigenvalue weighted by atomic mass is 10.3. The van der Waals surface area contributed by atoms with E-state index >= 15 is 0 Å². The number of hydrogen-bond donors (Lipinski definition) is 2. The molecule has 1 aromatic heterocycles. The minimum Gasteiger partial charge on any atom is -0.480 e. The van der Waals surface area contributed by atoms with Crippen LogP contribution in [0.1, 0.15) is 23.8 Å². The van der Waals surface area contributed by atoms with E-state index in [9.17, 15) is 13.8 Å². The van der Waals surface area contributed by atoms with Crippen molar-refractivity contribution in [2.24, 2.45) is 0 Å². The Morgan fingerprint density at radius 1 is 1.53 bits per heavy atom. The zero-order valence-electron chi connectivity index (χ0n) is 11.0. The fourth-order valence-corrected chi connectivity index (χ4v) is 2.00. The van der Waals surface area contributed by atoms with Crippen molar-refractivity contribution in [3.8, 4) is 0 Å². The van der Waals surface area contributed by atoms with Crippen molar-refractivity contribution >= 4 is 22.7 Å². The summed E-state index contributed by atoms with van der Waals surface area (Å²) in [5.74, 6) is -1.32. The molecule has 19 heavy (non-hydrogen) atoms. The van der Waals surface area contributed by atoms with Gasteiger partial charge in [-0.15, -0.1) is 0 Å². The normalized spacial score (nSPS) is 13.8. The fourth-order valence-electron chi connectivity index (χ4n) is 1.55. The summed E-state index contributed by atoms with van der Waals surface area (Å²) < 4.78 is 12.5. The van der Waals surface area contributed by atoms with Gasteiger partial charge in [0.1, 0.15) is 12.2 Å². The molecule has 0 saturated heterocycles. The number of carboxylic acid groups (broad SMARTS) is 1. The first-order chi connectivity index (χ1) is 8.91. The van der Waals surface area contributed by atoms with Crippen molar-refractivity contribution in [3.05, 3.63) is 24.0 Å². The topological polar surface area (TPSA) is 88.4 Å². The SMILES string of the molecule is CC(CCNC(=O)c1cccn1CC(=O)O)S(C)=O. The highest BCUT2D eigenvalue weighted by atomic mass is 32.2. The van der Waals surface area contributed by atoms with Crippen LogP contribution in [0, 0.1) is 0 Å². The van der Waals surface area contributed by atoms with E-state index in [1.807, 2.05) is 6.92 Å². The molecule has 0 aromatic carbocycles. The van der Waals surface area contributed by atoms with Gasteiger partial charge in [0.05, 0.1) is 0 Å². The summed E-state index contributed by atoms with van der Waals surface area (Å²) in [6.07, 6.45) is 3.80. The van der Waals surface area contributed by atoms with Gasteiger partial charge in [-0.3, -0.25) is 13.8 Å². The monoisotopic (exact) mass is 286 g/mol. The standard InChI is InChI=1S/C12H18N2O4S/c1-9(19(2)18)5-6-13-12(17)10-4-3-7-14(10)8-11(15)16/h3-4,7,9H,5-6,8H2,1-2H3,(H,13,17)(H,15,16). The summed E-state index contributed by atoms with van der Waals surface area (Å²) in [6, 6.07) is 3.20. The number of carbonyl (C=O) groups is 2. The number of carboxylic acids is 1. The molecule has 1 aromatic rings. The summed E-state index contributed by atoms with van der Waals surface area (Å²) in [5.41, 5.74) is 0.313. The largest absolute Gasteiger partial charge is 0.480 e. The molecular weight excluding hydrogens is 268 g/mol. The molecule has 1 amide bonds. The predicted molar refractivity (Wildman–Crippen MR) is 72.5 cm³/mol. The molecule has 0 radical (unpaired) electrons. The van der Waals surface area contributed by atoms with Crippen molar-refractivity contribution in [2.75, 3.05) is 12.8 Å². The molecule has 0 aliphatic heterocycles. The van der Waals surface area contributed by atoms with Crippen LogP contribution in [0.3, 0.4) is 0 Å². The molecule has 7 heteroatoms. The Balaban J connectivity index is 2.52. The van der Waals surface area contributed by atoms with Crippen molar-refractivity contribution in [1.29, 1.82) is 0 Å². The summed E-state index contributed by atoms with van der Waals surface area (Å²) in [6.45, 7) is 2.03. The quantitative estimate of drug-likeness (QED) is 0.762. The highest BCUT2D eigenvalue weighted by Crippen LogP contribution is 2.03. The molecule has 0 aliphatic carbocycles. The maximum Gasteiger partial charge on any atom is 0.323 e. The number of nitrogens with zero attached hydrogens (tertiary/aromatic N) is 1. The number of aliphatic carboxylic acids is 1. The fraction of sp³-hybridized carbons (Fsp3) is 0.500. The van der Waals surface area contributed by atoms with Crippen molar-refractivity contribution in [2.45, 2.75) is 25.1 Å². The van der Waals surface area contributed by atoms with Gasteiger partial charge in [-0.25, -0.2) is 0 Å². The summed E-state index contributed by atoms with van der Waals surface area (Å²) in [7, 11) is -0.908. The van der Waals surface area contributed by atoms with Gasteiger partial charge in [0.2, 0.25) is 0 Å². The maximum atomic E-state index is 11.9. The Labute approximate surface area is 114 Å². The van der Waals surface area contributed by atoms with E-state index in [-0.39, 0.29) is 17.7 Å². The number of amides is 1. The zero-order valence-corrected chi connectivity index (χ0v) is 11.8. The molecule has 0 fully saturated rings. The lowest BCUT2D eigenvalue weighted by molar-refractivity contribution is -0.137. The minimum atomic E-state index is -1.000. The Morgan fingerprint density at radius 3 is 2.79 bits per heavy atom. The Kier molecular flexibility index (Phi) is 5.75. The van der Waals surface area contributed by atoms with Crippen LogP contribution in [0.25, 0.3) is 0 Å². The van der Waals surface area contributed by atoms with Gasteiger partial charge in [0.25, 0.3) is 5.91 Å². The average Bonchev–Trinajstić information content (AvgIpc) is 2.75. The third kappa shape index (κ3) is 4.86. The van der Waals surface area contributed by atoms with Crippen molar-refractivity contribution in [1.82, 2.24) is 9.88 Å². The highest BCUT2D eigenvalue weighted by molar-refractivity contribution is 7.84. The van der Waals surface area contributed by atoms with Crippen LogP contribution in [0.4, 0.5) is 0 Å². The number of carbonyl (C=O) groups excluding carboxylic acids is 1. The molecule has 2 atom stereocenters. The van der Waals surface area contributed by atoms with Gasteiger partial charge in [-0.1, -0.05) is 6.92 Å². The molecule has 106 valence electrons. The molecule has 1 rings (SSSR count). The van der Waals surface area contributed by atoms with E-state index in [0.29, 0.717) is 18.7 Å². The Hall–Kier alpha value is -1.63. The van der Waals surface area contributed by atoms with Gasteiger partial charge in [-0.05, 0) is 18.6 Å². The first-order valence-electron chi connectivity index (χ1n) is 5.89. The van der Waals surface area contributed by atoms with Crippen LogP contribution in [-0.4, -0.2) is 43.8 Å². The van der Waals surface area contributed by atoms with E-state index in [2.05, 4.69) is 5.32 Å². The average molecular weight is 286 g/mol. The number of nitrogens with one attached hydrogen (secondary N) is 1. The van der Waals surface area contributed by atoms with Gasteiger partial charge in [0, 0.05) is 35.0 Å². The van der Waals surface area contributed by atoms with Crippen LogP contribution in [0.15, 0.2) is 18.3 Å². The van der Waals surface area contributed by atoms with E-state index in [4.69, 9.17) is 5.11 Å². The maximum absolute atomic E-state index is 11.9. The van der Waals surface area contributed by atoms with Gasteiger partial charge >= 0.3 is 5.97 Å². The lowest BCUT2D eigenvalue weighted by Crippen LogP contribution is -2.29. The van der Waals surface area contributed by atoms with E-state index in [1.54, 1.807) is 24.6 Å². The van der Waals surface area contributed by atoms with Gasteiger partial charge in [0.15, 0.2) is 0 Å². The van der Waals surface area contributed by atoms with Crippen LogP contribution >= 0.6 is 0 Å². The number of rotatable bonds is 7. The van der Waals surface area contributed by atoms with Crippen molar-refractivity contribution < 1.29 is 18.9 Å². The van der Waals surface area contributed by atoms with Crippen molar-refractivity contribution in [3.63, 3.8) is 0 Å². The van der Waals surface area contributed by atoms with Crippen LogP contribution < -0.4 is 5.32 Å². The summed E-state index contributed by atoms with van der Waals surface area (Å²) >= 11 is 0. The third-order valence-electron chi connectivity index (χ3n) is 2.77. The van der Waals surface area contributed by atoms with E-state index in [1.165, 1.54) is 4.57 Å². The zero-order chi connectivity index (χ0) is 14.4. The third-order valence-corrected chi connectivity index (χ3v) is 4.14. The highest BCUT2D eigenvalue weighted by Gasteiger charge is 2.13. The van der Waals surface area contributed by atoms with E-state index < -0.39 is 16.8 Å². The minimum absolute atomic E-state index is 0.0195. The lowest BCUT2D eigenvalue weighted by Gasteiger charge is -2.10. The second-order valence-electron chi connectivity index (χ2n) is 4.27. The van der Waals surface area contributed by atoms with Gasteiger partial charge < -0.3 is 15.0 Å². The summed E-state index contributed by atoms with van der Waals surface area (Å²) in [4.78, 5) is 22.5.